The Labute approximate surface area is 152 Å². The van der Waals surface area contributed by atoms with Crippen LogP contribution in [0.1, 0.15) is 16.8 Å². The molecule has 6 heteroatoms. The largest absolute Gasteiger partial charge is 0.375 e. The van der Waals surface area contributed by atoms with Gasteiger partial charge in [-0.2, -0.15) is 0 Å². The van der Waals surface area contributed by atoms with Crippen molar-refractivity contribution in [3.8, 4) is 0 Å². The molecule has 2 aromatic carbocycles. The second-order valence-electron chi connectivity index (χ2n) is 5.94. The summed E-state index contributed by atoms with van der Waals surface area (Å²) in [5.41, 5.74) is 3.21. The number of rotatable bonds is 7. The van der Waals surface area contributed by atoms with Crippen LogP contribution in [0.2, 0.25) is 0 Å². The summed E-state index contributed by atoms with van der Waals surface area (Å²) >= 11 is 0. The number of hydrogen-bond acceptors (Lipinski definition) is 5. The molecule has 0 atom stereocenters. The van der Waals surface area contributed by atoms with Crippen molar-refractivity contribution >= 4 is 17.2 Å². The van der Waals surface area contributed by atoms with E-state index in [2.05, 4.69) is 15.6 Å². The van der Waals surface area contributed by atoms with E-state index in [1.807, 2.05) is 67.6 Å². The molecule has 2 N–H and O–H groups in total. The number of nitrogens with zero attached hydrogens (tertiary/aromatic N) is 2. The number of nitro groups is 1. The van der Waals surface area contributed by atoms with Gasteiger partial charge in [0.05, 0.1) is 4.92 Å². The van der Waals surface area contributed by atoms with Gasteiger partial charge in [-0.3, -0.25) is 10.1 Å². The van der Waals surface area contributed by atoms with Gasteiger partial charge in [0.2, 0.25) is 5.82 Å². The molecule has 0 saturated carbocycles. The molecule has 6 nitrogen and oxygen atoms in total. The summed E-state index contributed by atoms with van der Waals surface area (Å²) < 4.78 is 0. The molecule has 0 bridgehead atoms. The Kier molecular flexibility index (Phi) is 5.43. The van der Waals surface area contributed by atoms with E-state index in [4.69, 9.17) is 0 Å². The van der Waals surface area contributed by atoms with Crippen molar-refractivity contribution in [1.29, 1.82) is 0 Å². The number of aromatic nitrogens is 1. The minimum absolute atomic E-state index is 0.0394. The maximum Gasteiger partial charge on any atom is 0.334 e. The molecule has 1 aromatic heterocycles. The highest BCUT2D eigenvalue weighted by Gasteiger charge is 2.22. The van der Waals surface area contributed by atoms with Crippen LogP contribution in [0.5, 0.6) is 0 Å². The second-order valence-corrected chi connectivity index (χ2v) is 5.94. The second kappa shape index (κ2) is 8.11. The Morgan fingerprint density at radius 2 is 1.46 bits per heavy atom. The van der Waals surface area contributed by atoms with Crippen molar-refractivity contribution in [3.63, 3.8) is 0 Å². The molecule has 3 aromatic rings. The molecule has 26 heavy (non-hydrogen) atoms. The van der Waals surface area contributed by atoms with Crippen LogP contribution in [0, 0.1) is 17.0 Å². The highest BCUT2D eigenvalue weighted by molar-refractivity contribution is 5.73. The van der Waals surface area contributed by atoms with Gasteiger partial charge in [-0.15, -0.1) is 0 Å². The smallest absolute Gasteiger partial charge is 0.334 e. The van der Waals surface area contributed by atoms with Crippen molar-refractivity contribution < 1.29 is 4.92 Å². The van der Waals surface area contributed by atoms with Crippen molar-refractivity contribution in [3.05, 3.63) is 93.7 Å². The number of anilines is 2. The number of aryl methyl sites for hydroxylation is 1. The number of nitrogens with one attached hydrogen (secondary N) is 2. The summed E-state index contributed by atoms with van der Waals surface area (Å²) in [4.78, 5) is 15.6. The average Bonchev–Trinajstić information content (AvgIpc) is 2.65. The molecule has 0 spiro atoms. The molecule has 0 amide bonds. The molecule has 0 aliphatic rings. The SMILES string of the molecule is Cc1cc(NCc2ccccc2)c([N+](=O)[O-])c(NCc2ccccc2)n1. The van der Waals surface area contributed by atoms with E-state index in [1.54, 1.807) is 6.07 Å². The zero-order valence-electron chi connectivity index (χ0n) is 14.5. The van der Waals surface area contributed by atoms with Crippen LogP contribution in [0.15, 0.2) is 66.7 Å². The Morgan fingerprint density at radius 1 is 0.923 bits per heavy atom. The Morgan fingerprint density at radius 3 is 2.00 bits per heavy atom. The Balaban J connectivity index is 1.84. The molecule has 0 fully saturated rings. The molecule has 0 unspecified atom stereocenters. The average molecular weight is 348 g/mol. The summed E-state index contributed by atoms with van der Waals surface area (Å²) in [6.45, 7) is 2.80. The van der Waals surface area contributed by atoms with Crippen LogP contribution >= 0.6 is 0 Å². The minimum atomic E-state index is -0.396. The predicted molar refractivity (Wildman–Crippen MR) is 103 cm³/mol. The maximum atomic E-state index is 11.7. The van der Waals surface area contributed by atoms with E-state index < -0.39 is 4.92 Å². The first-order valence-corrected chi connectivity index (χ1v) is 8.35. The highest BCUT2D eigenvalue weighted by atomic mass is 16.6. The third-order valence-corrected chi connectivity index (χ3v) is 3.93. The van der Waals surface area contributed by atoms with Gasteiger partial charge in [0.15, 0.2) is 0 Å². The van der Waals surface area contributed by atoms with Gasteiger partial charge in [0.25, 0.3) is 0 Å². The lowest BCUT2D eigenvalue weighted by molar-refractivity contribution is -0.383. The van der Waals surface area contributed by atoms with Crippen molar-refractivity contribution in [2.24, 2.45) is 0 Å². The zero-order valence-corrected chi connectivity index (χ0v) is 14.5. The van der Waals surface area contributed by atoms with E-state index in [-0.39, 0.29) is 11.5 Å². The quantitative estimate of drug-likeness (QED) is 0.485. The van der Waals surface area contributed by atoms with Crippen molar-refractivity contribution in [1.82, 2.24) is 4.98 Å². The first kappa shape index (κ1) is 17.4. The standard InChI is InChI=1S/C20H20N4O2/c1-15-12-18(21-13-16-8-4-2-5-9-16)19(24(25)26)20(23-15)22-14-17-10-6-3-7-11-17/h2-12H,13-14H2,1H3,(H2,21,22,23). The van der Waals surface area contributed by atoms with E-state index in [0.717, 1.165) is 11.1 Å². The van der Waals surface area contributed by atoms with Crippen LogP contribution in [0.3, 0.4) is 0 Å². The first-order chi connectivity index (χ1) is 12.6. The lowest BCUT2D eigenvalue weighted by Gasteiger charge is -2.12. The molecule has 132 valence electrons. The lowest BCUT2D eigenvalue weighted by Crippen LogP contribution is -2.09. The summed E-state index contributed by atoms with van der Waals surface area (Å²) in [5, 5.41) is 17.9. The highest BCUT2D eigenvalue weighted by Crippen LogP contribution is 2.32. The van der Waals surface area contributed by atoms with Gasteiger partial charge in [-0.25, -0.2) is 4.98 Å². The van der Waals surface area contributed by atoms with Gasteiger partial charge in [-0.05, 0) is 24.1 Å². The zero-order chi connectivity index (χ0) is 18.4. The van der Waals surface area contributed by atoms with E-state index >= 15 is 0 Å². The molecule has 0 radical (unpaired) electrons. The molecule has 0 aliphatic carbocycles. The molecule has 0 aliphatic heterocycles. The van der Waals surface area contributed by atoms with E-state index in [1.165, 1.54) is 0 Å². The summed E-state index contributed by atoms with van der Waals surface area (Å²) in [5.74, 6) is 0.273. The Hall–Kier alpha value is -3.41. The van der Waals surface area contributed by atoms with Crippen LogP contribution in [-0.4, -0.2) is 9.91 Å². The van der Waals surface area contributed by atoms with Crippen LogP contribution < -0.4 is 10.6 Å². The van der Waals surface area contributed by atoms with E-state index in [0.29, 0.717) is 24.5 Å². The van der Waals surface area contributed by atoms with E-state index in [9.17, 15) is 10.1 Å². The van der Waals surface area contributed by atoms with Gasteiger partial charge in [0, 0.05) is 18.8 Å². The molecular weight excluding hydrogens is 328 g/mol. The molecular formula is C20H20N4O2. The fourth-order valence-corrected chi connectivity index (χ4v) is 2.68. The fourth-order valence-electron chi connectivity index (χ4n) is 2.68. The third kappa shape index (κ3) is 4.36. The predicted octanol–water partition coefficient (Wildman–Crippen LogP) is 4.52. The van der Waals surface area contributed by atoms with Crippen molar-refractivity contribution in [2.45, 2.75) is 20.0 Å². The number of pyridine rings is 1. The summed E-state index contributed by atoms with van der Waals surface area (Å²) in [6.07, 6.45) is 0. The van der Waals surface area contributed by atoms with Crippen molar-refractivity contribution in [2.75, 3.05) is 10.6 Å². The monoisotopic (exact) mass is 348 g/mol. The summed E-state index contributed by atoms with van der Waals surface area (Å²) in [6, 6.07) is 21.2. The van der Waals surface area contributed by atoms with Gasteiger partial charge in [-0.1, -0.05) is 60.7 Å². The van der Waals surface area contributed by atoms with Gasteiger partial charge >= 0.3 is 5.69 Å². The van der Waals surface area contributed by atoms with Crippen LogP contribution in [-0.2, 0) is 13.1 Å². The van der Waals surface area contributed by atoms with Gasteiger partial charge in [0.1, 0.15) is 5.69 Å². The first-order valence-electron chi connectivity index (χ1n) is 8.35. The topological polar surface area (TPSA) is 80.1 Å². The minimum Gasteiger partial charge on any atom is -0.375 e. The van der Waals surface area contributed by atoms with Gasteiger partial charge < -0.3 is 10.6 Å². The number of hydrogen-bond donors (Lipinski definition) is 2. The fraction of sp³-hybridized carbons (Fsp3) is 0.150. The van der Waals surface area contributed by atoms with Crippen LogP contribution in [0.4, 0.5) is 17.2 Å². The van der Waals surface area contributed by atoms with Crippen LogP contribution in [0.25, 0.3) is 0 Å². The lowest BCUT2D eigenvalue weighted by atomic mass is 10.2. The number of benzene rings is 2. The molecule has 0 saturated heterocycles. The molecule has 3 rings (SSSR count). The summed E-state index contributed by atoms with van der Waals surface area (Å²) in [7, 11) is 0. The Bertz CT molecular complexity index is 818. The third-order valence-electron chi connectivity index (χ3n) is 3.93. The maximum absolute atomic E-state index is 11.7. The molecule has 1 heterocycles. The normalized spacial score (nSPS) is 10.3.